The highest BCUT2D eigenvalue weighted by atomic mass is 16.4. The van der Waals surface area contributed by atoms with Crippen LogP contribution in [-0.4, -0.2) is 45.1 Å². The van der Waals surface area contributed by atoms with E-state index < -0.39 is 11.4 Å². The molecule has 1 saturated heterocycles. The van der Waals surface area contributed by atoms with Crippen LogP contribution in [0.15, 0.2) is 18.3 Å². The topological polar surface area (TPSA) is 90.7 Å². The second-order valence-electron chi connectivity index (χ2n) is 5.50. The number of pyridine rings is 1. The van der Waals surface area contributed by atoms with Crippen LogP contribution in [0.5, 0.6) is 5.75 Å². The predicted molar refractivity (Wildman–Crippen MR) is 76.0 cm³/mol. The number of carboxylic acids is 1. The molecule has 0 unspecified atom stereocenters. The summed E-state index contributed by atoms with van der Waals surface area (Å²) >= 11 is 0. The molecule has 2 N–H and O–H groups in total. The van der Waals surface area contributed by atoms with Gasteiger partial charge in [0.25, 0.3) is 5.91 Å². The lowest BCUT2D eigenvalue weighted by Crippen LogP contribution is -2.46. The Bertz CT molecular complexity index is 536. The molecule has 1 aliphatic rings. The normalized spacial score (nSPS) is 17.5. The van der Waals surface area contributed by atoms with Gasteiger partial charge < -0.3 is 15.1 Å². The van der Waals surface area contributed by atoms with Gasteiger partial charge in [-0.15, -0.1) is 0 Å². The minimum Gasteiger partial charge on any atom is -0.505 e. The first-order chi connectivity index (χ1) is 10.00. The maximum absolute atomic E-state index is 12.3. The summed E-state index contributed by atoms with van der Waals surface area (Å²) in [4.78, 5) is 29.3. The van der Waals surface area contributed by atoms with E-state index in [4.69, 9.17) is 0 Å². The van der Waals surface area contributed by atoms with Crippen LogP contribution in [0, 0.1) is 5.41 Å². The van der Waals surface area contributed by atoms with E-state index in [0.717, 1.165) is 6.42 Å². The SMILES string of the molecule is CCCC1(C(=O)O)CCN(C(=O)c2ncccc2O)CC1. The summed E-state index contributed by atoms with van der Waals surface area (Å²) in [5, 5.41) is 19.1. The van der Waals surface area contributed by atoms with Gasteiger partial charge in [0, 0.05) is 19.3 Å². The van der Waals surface area contributed by atoms with E-state index >= 15 is 0 Å². The number of rotatable bonds is 4. The molecule has 21 heavy (non-hydrogen) atoms. The molecule has 0 radical (unpaired) electrons. The van der Waals surface area contributed by atoms with Crippen LogP contribution in [-0.2, 0) is 4.79 Å². The molecule has 0 saturated carbocycles. The van der Waals surface area contributed by atoms with Crippen molar-refractivity contribution >= 4 is 11.9 Å². The zero-order chi connectivity index (χ0) is 15.5. The average Bonchev–Trinajstić information content (AvgIpc) is 2.48. The summed E-state index contributed by atoms with van der Waals surface area (Å²) in [5.41, 5.74) is -0.701. The summed E-state index contributed by atoms with van der Waals surface area (Å²) in [6.07, 6.45) is 3.76. The van der Waals surface area contributed by atoms with E-state index in [9.17, 15) is 19.8 Å². The average molecular weight is 292 g/mol. The van der Waals surface area contributed by atoms with Crippen molar-refractivity contribution in [2.45, 2.75) is 32.6 Å². The highest BCUT2D eigenvalue weighted by Gasteiger charge is 2.41. The molecule has 6 heteroatoms. The lowest BCUT2D eigenvalue weighted by Gasteiger charge is -2.38. The number of amides is 1. The predicted octanol–water partition coefficient (Wildman–Crippen LogP) is 1.89. The Hall–Kier alpha value is -2.11. The number of carbonyl (C=O) groups is 2. The largest absolute Gasteiger partial charge is 0.505 e. The van der Waals surface area contributed by atoms with Gasteiger partial charge >= 0.3 is 5.97 Å². The van der Waals surface area contributed by atoms with Crippen LogP contribution in [0.3, 0.4) is 0 Å². The number of aromatic nitrogens is 1. The van der Waals surface area contributed by atoms with E-state index in [0.29, 0.717) is 32.4 Å². The van der Waals surface area contributed by atoms with Gasteiger partial charge in [0.05, 0.1) is 5.41 Å². The van der Waals surface area contributed by atoms with Crippen LogP contribution in [0.25, 0.3) is 0 Å². The standard InChI is InChI=1S/C15H20N2O4/c1-2-5-15(14(20)21)6-9-17(10-7-15)13(19)12-11(18)4-3-8-16-12/h3-4,8,18H,2,5-7,9-10H2,1H3,(H,20,21). The van der Waals surface area contributed by atoms with Gasteiger partial charge in [0.2, 0.25) is 0 Å². The van der Waals surface area contributed by atoms with Crippen molar-refractivity contribution in [1.29, 1.82) is 0 Å². The molecule has 0 bridgehead atoms. The number of aromatic hydroxyl groups is 1. The van der Waals surface area contributed by atoms with E-state index in [1.165, 1.54) is 12.3 Å². The van der Waals surface area contributed by atoms with Gasteiger partial charge in [-0.1, -0.05) is 13.3 Å². The van der Waals surface area contributed by atoms with Crippen molar-refractivity contribution in [2.24, 2.45) is 5.41 Å². The quantitative estimate of drug-likeness (QED) is 0.884. The first kappa shape index (κ1) is 15.3. The highest BCUT2D eigenvalue weighted by Crippen LogP contribution is 2.37. The molecule has 0 spiro atoms. The lowest BCUT2D eigenvalue weighted by molar-refractivity contribution is -0.152. The van der Waals surface area contributed by atoms with E-state index in [-0.39, 0.29) is 17.4 Å². The molecular formula is C15H20N2O4. The van der Waals surface area contributed by atoms with Crippen molar-refractivity contribution in [2.75, 3.05) is 13.1 Å². The fraction of sp³-hybridized carbons (Fsp3) is 0.533. The van der Waals surface area contributed by atoms with Gasteiger partial charge in [-0.2, -0.15) is 0 Å². The summed E-state index contributed by atoms with van der Waals surface area (Å²) in [7, 11) is 0. The van der Waals surface area contributed by atoms with Crippen LogP contribution in [0.2, 0.25) is 0 Å². The number of hydrogen-bond acceptors (Lipinski definition) is 4. The van der Waals surface area contributed by atoms with Crippen LogP contribution < -0.4 is 0 Å². The fourth-order valence-corrected chi connectivity index (χ4v) is 2.90. The summed E-state index contributed by atoms with van der Waals surface area (Å²) < 4.78 is 0. The minimum atomic E-state index is -0.780. The Morgan fingerprint density at radius 3 is 2.57 bits per heavy atom. The second-order valence-corrected chi connectivity index (χ2v) is 5.50. The molecule has 114 valence electrons. The number of hydrogen-bond donors (Lipinski definition) is 2. The monoisotopic (exact) mass is 292 g/mol. The van der Waals surface area contributed by atoms with Crippen LogP contribution in [0.1, 0.15) is 43.1 Å². The molecule has 1 fully saturated rings. The smallest absolute Gasteiger partial charge is 0.309 e. The third-order valence-electron chi connectivity index (χ3n) is 4.18. The fourth-order valence-electron chi connectivity index (χ4n) is 2.90. The van der Waals surface area contributed by atoms with Gasteiger partial charge in [-0.25, -0.2) is 4.98 Å². The van der Waals surface area contributed by atoms with Gasteiger partial charge in [0.15, 0.2) is 5.69 Å². The zero-order valence-electron chi connectivity index (χ0n) is 12.1. The zero-order valence-corrected chi connectivity index (χ0v) is 12.1. The van der Waals surface area contributed by atoms with Crippen molar-refractivity contribution in [3.05, 3.63) is 24.0 Å². The third-order valence-corrected chi connectivity index (χ3v) is 4.18. The third kappa shape index (κ3) is 2.99. The molecule has 6 nitrogen and oxygen atoms in total. The van der Waals surface area contributed by atoms with E-state index in [1.807, 2.05) is 6.92 Å². The maximum atomic E-state index is 12.3. The number of piperidine rings is 1. The molecule has 2 rings (SSSR count). The first-order valence-corrected chi connectivity index (χ1v) is 7.17. The van der Waals surface area contributed by atoms with E-state index in [1.54, 1.807) is 11.0 Å². The van der Waals surface area contributed by atoms with Crippen molar-refractivity contribution in [3.63, 3.8) is 0 Å². The Labute approximate surface area is 123 Å². The molecule has 1 aromatic rings. The van der Waals surface area contributed by atoms with Gasteiger partial charge in [-0.3, -0.25) is 9.59 Å². The molecular weight excluding hydrogens is 272 g/mol. The van der Waals surface area contributed by atoms with Crippen molar-refractivity contribution in [3.8, 4) is 5.75 Å². The van der Waals surface area contributed by atoms with E-state index in [2.05, 4.69) is 4.98 Å². The Kier molecular flexibility index (Phi) is 4.45. The summed E-state index contributed by atoms with van der Waals surface area (Å²) in [5.74, 6) is -1.27. The van der Waals surface area contributed by atoms with Crippen molar-refractivity contribution < 1.29 is 19.8 Å². The molecule has 0 aliphatic carbocycles. The number of likely N-dealkylation sites (tertiary alicyclic amines) is 1. The summed E-state index contributed by atoms with van der Waals surface area (Å²) in [6, 6.07) is 2.97. The molecule has 1 amide bonds. The lowest BCUT2D eigenvalue weighted by atomic mass is 9.75. The molecule has 0 aromatic carbocycles. The Morgan fingerprint density at radius 1 is 1.38 bits per heavy atom. The molecule has 1 aromatic heterocycles. The highest BCUT2D eigenvalue weighted by molar-refractivity contribution is 5.95. The molecule has 1 aliphatic heterocycles. The Balaban J connectivity index is 2.09. The number of carbonyl (C=O) groups excluding carboxylic acids is 1. The van der Waals surface area contributed by atoms with Crippen LogP contribution in [0.4, 0.5) is 0 Å². The van der Waals surface area contributed by atoms with Crippen molar-refractivity contribution in [1.82, 2.24) is 9.88 Å². The number of carboxylic acid groups (broad SMARTS) is 1. The van der Waals surface area contributed by atoms with Gasteiger partial charge in [-0.05, 0) is 31.4 Å². The maximum Gasteiger partial charge on any atom is 0.309 e. The van der Waals surface area contributed by atoms with Crippen LogP contribution >= 0.6 is 0 Å². The minimum absolute atomic E-state index is 0.0239. The first-order valence-electron chi connectivity index (χ1n) is 7.17. The second kappa shape index (κ2) is 6.11. The molecule has 0 atom stereocenters. The Morgan fingerprint density at radius 2 is 2.05 bits per heavy atom. The number of aliphatic carboxylic acids is 1. The number of nitrogens with zero attached hydrogens (tertiary/aromatic N) is 2. The summed E-state index contributed by atoms with van der Waals surface area (Å²) in [6.45, 7) is 2.72. The molecule has 2 heterocycles. The van der Waals surface area contributed by atoms with Gasteiger partial charge in [0.1, 0.15) is 5.75 Å².